The summed E-state index contributed by atoms with van der Waals surface area (Å²) in [6, 6.07) is 6.83. The number of nitrogens with zero attached hydrogens (tertiary/aromatic N) is 6. The number of halogens is 1. The highest BCUT2D eigenvalue weighted by molar-refractivity contribution is 6.30. The highest BCUT2D eigenvalue weighted by Crippen LogP contribution is 2.20. The lowest BCUT2D eigenvalue weighted by atomic mass is 10.2. The summed E-state index contributed by atoms with van der Waals surface area (Å²) >= 11 is 5.85. The first kappa shape index (κ1) is 19.6. The average Bonchev–Trinajstić information content (AvgIpc) is 3.37. The number of carbonyl (C=O) groups excluding carboxylic acids is 1. The van der Waals surface area contributed by atoms with Gasteiger partial charge in [-0.25, -0.2) is 9.78 Å². The van der Waals surface area contributed by atoms with Crippen molar-refractivity contribution in [3.8, 4) is 11.5 Å². The highest BCUT2D eigenvalue weighted by atomic mass is 35.5. The number of aromatic nitrogens is 6. The molecule has 0 saturated carbocycles. The van der Waals surface area contributed by atoms with Crippen LogP contribution in [0.2, 0.25) is 5.02 Å². The van der Waals surface area contributed by atoms with Crippen molar-refractivity contribution >= 4 is 28.7 Å². The number of esters is 1. The van der Waals surface area contributed by atoms with E-state index in [1.165, 1.54) is 29.6 Å². The number of imidazole rings is 1. The maximum Gasteiger partial charge on any atom is 0.332 e. The minimum Gasteiger partial charge on any atom is -0.454 e. The van der Waals surface area contributed by atoms with Gasteiger partial charge < -0.3 is 13.7 Å². The first-order chi connectivity index (χ1) is 14.3. The van der Waals surface area contributed by atoms with E-state index < -0.39 is 17.2 Å². The fourth-order valence-electron chi connectivity index (χ4n) is 2.86. The molecule has 0 fully saturated rings. The van der Waals surface area contributed by atoms with Gasteiger partial charge >= 0.3 is 11.7 Å². The Morgan fingerprint density at radius 2 is 1.87 bits per heavy atom. The minimum atomic E-state index is -0.642. The number of aryl methyl sites for hydroxylation is 1. The Hall–Kier alpha value is -3.73. The fourth-order valence-corrected chi connectivity index (χ4v) is 2.99. The number of carbonyl (C=O) groups is 1. The van der Waals surface area contributed by atoms with Gasteiger partial charge in [0, 0.05) is 24.7 Å². The van der Waals surface area contributed by atoms with E-state index in [4.69, 9.17) is 20.8 Å². The fraction of sp³-hybridized carbons (Fsp3) is 0.222. The molecule has 0 unspecified atom stereocenters. The molecular formula is C18H15ClN6O5. The monoisotopic (exact) mass is 430 g/mol. The number of ether oxygens (including phenoxy) is 1. The third-order valence-corrected chi connectivity index (χ3v) is 4.68. The van der Waals surface area contributed by atoms with E-state index in [1.54, 1.807) is 24.3 Å². The van der Waals surface area contributed by atoms with E-state index in [1.807, 2.05) is 0 Å². The molecule has 0 spiro atoms. The van der Waals surface area contributed by atoms with Crippen molar-refractivity contribution in [2.75, 3.05) is 0 Å². The van der Waals surface area contributed by atoms with Crippen molar-refractivity contribution in [2.45, 2.75) is 13.2 Å². The molecule has 3 aromatic heterocycles. The van der Waals surface area contributed by atoms with Crippen molar-refractivity contribution in [1.82, 2.24) is 28.9 Å². The van der Waals surface area contributed by atoms with Gasteiger partial charge in [-0.2, -0.15) is 0 Å². The molecule has 0 N–H and O–H groups in total. The van der Waals surface area contributed by atoms with E-state index in [0.717, 1.165) is 4.57 Å². The third-order valence-electron chi connectivity index (χ3n) is 4.43. The van der Waals surface area contributed by atoms with Crippen LogP contribution in [0.15, 0.2) is 44.6 Å². The molecule has 0 aliphatic heterocycles. The van der Waals surface area contributed by atoms with Crippen molar-refractivity contribution in [2.24, 2.45) is 14.1 Å². The lowest BCUT2D eigenvalue weighted by Crippen LogP contribution is -2.37. The summed E-state index contributed by atoms with van der Waals surface area (Å²) in [5, 5.41) is 8.33. The van der Waals surface area contributed by atoms with Gasteiger partial charge in [0.25, 0.3) is 11.4 Å². The third kappa shape index (κ3) is 3.50. The summed E-state index contributed by atoms with van der Waals surface area (Å²) in [4.78, 5) is 40.7. The standard InChI is InChI=1S/C18H15ClN6O5/c1-23-15-14(17(27)24(2)18(23)28)25(9-20-15)7-13(26)29-8-12-21-22-16(30-12)10-3-5-11(19)6-4-10/h3-6,9H,7-8H2,1-2H3. The molecule has 1 aromatic carbocycles. The molecule has 4 aromatic rings. The molecule has 0 atom stereocenters. The van der Waals surface area contributed by atoms with Crippen molar-refractivity contribution in [3.05, 3.63) is 62.3 Å². The first-order valence-corrected chi connectivity index (χ1v) is 9.07. The molecular weight excluding hydrogens is 416 g/mol. The average molecular weight is 431 g/mol. The lowest BCUT2D eigenvalue weighted by molar-refractivity contribution is -0.146. The van der Waals surface area contributed by atoms with Crippen LogP contribution in [0.25, 0.3) is 22.6 Å². The van der Waals surface area contributed by atoms with Crippen molar-refractivity contribution < 1.29 is 13.9 Å². The second kappa shape index (κ2) is 7.59. The summed E-state index contributed by atoms with van der Waals surface area (Å²) in [5.41, 5.74) is -0.0771. The molecule has 0 bridgehead atoms. The summed E-state index contributed by atoms with van der Waals surface area (Å²) in [7, 11) is 2.85. The van der Waals surface area contributed by atoms with Gasteiger partial charge in [-0.15, -0.1) is 10.2 Å². The lowest BCUT2D eigenvalue weighted by Gasteiger charge is -2.06. The molecule has 3 heterocycles. The normalized spacial score (nSPS) is 11.2. The Morgan fingerprint density at radius 3 is 2.60 bits per heavy atom. The SMILES string of the molecule is Cn1c(=O)c2c(ncn2CC(=O)OCc2nnc(-c3ccc(Cl)cc3)o2)n(C)c1=O. The Balaban J connectivity index is 1.47. The summed E-state index contributed by atoms with van der Waals surface area (Å²) < 4.78 is 14.1. The Labute approximate surface area is 173 Å². The van der Waals surface area contributed by atoms with E-state index in [0.29, 0.717) is 10.6 Å². The first-order valence-electron chi connectivity index (χ1n) is 8.70. The number of fused-ring (bicyclic) bond motifs is 1. The molecule has 11 nitrogen and oxygen atoms in total. The predicted octanol–water partition coefficient (Wildman–Crippen LogP) is 0.880. The molecule has 30 heavy (non-hydrogen) atoms. The second-order valence-electron chi connectivity index (χ2n) is 6.42. The van der Waals surface area contributed by atoms with Crippen LogP contribution in [-0.2, 0) is 36.8 Å². The molecule has 0 aliphatic rings. The maximum absolute atomic E-state index is 12.4. The zero-order chi connectivity index (χ0) is 21.4. The molecule has 0 aliphatic carbocycles. The van der Waals surface area contributed by atoms with E-state index in [-0.39, 0.29) is 36.1 Å². The van der Waals surface area contributed by atoms with E-state index in [2.05, 4.69) is 15.2 Å². The van der Waals surface area contributed by atoms with Gasteiger partial charge in [0.1, 0.15) is 6.54 Å². The minimum absolute atomic E-state index is 0.113. The van der Waals surface area contributed by atoms with Crippen LogP contribution in [0.1, 0.15) is 5.89 Å². The Morgan fingerprint density at radius 1 is 1.13 bits per heavy atom. The largest absolute Gasteiger partial charge is 0.454 e. The summed E-state index contributed by atoms with van der Waals surface area (Å²) in [5.74, 6) is -0.263. The van der Waals surface area contributed by atoms with Crippen LogP contribution in [0.3, 0.4) is 0 Å². The molecule has 0 amide bonds. The summed E-state index contributed by atoms with van der Waals surface area (Å²) in [6.07, 6.45) is 1.30. The van der Waals surface area contributed by atoms with Crippen LogP contribution >= 0.6 is 11.6 Å². The number of rotatable bonds is 5. The van der Waals surface area contributed by atoms with Crippen molar-refractivity contribution in [3.63, 3.8) is 0 Å². The number of hydrogen-bond acceptors (Lipinski definition) is 8. The molecule has 0 radical (unpaired) electrons. The topological polar surface area (TPSA) is 127 Å². The van der Waals surface area contributed by atoms with E-state index >= 15 is 0 Å². The van der Waals surface area contributed by atoms with Crippen LogP contribution < -0.4 is 11.2 Å². The van der Waals surface area contributed by atoms with Crippen LogP contribution in [-0.4, -0.2) is 34.9 Å². The predicted molar refractivity (Wildman–Crippen MR) is 105 cm³/mol. The van der Waals surface area contributed by atoms with Crippen LogP contribution in [0, 0.1) is 0 Å². The Kier molecular flexibility index (Phi) is 4.96. The molecule has 12 heteroatoms. The van der Waals surface area contributed by atoms with Gasteiger partial charge in [-0.05, 0) is 24.3 Å². The van der Waals surface area contributed by atoms with Gasteiger partial charge in [0.05, 0.1) is 6.33 Å². The van der Waals surface area contributed by atoms with E-state index in [9.17, 15) is 14.4 Å². The van der Waals surface area contributed by atoms with Crippen LogP contribution in [0.5, 0.6) is 0 Å². The summed E-state index contributed by atoms with van der Waals surface area (Å²) in [6.45, 7) is -0.509. The molecule has 154 valence electrons. The second-order valence-corrected chi connectivity index (χ2v) is 6.86. The van der Waals surface area contributed by atoms with Crippen LogP contribution in [0.4, 0.5) is 0 Å². The van der Waals surface area contributed by atoms with Gasteiger partial charge in [-0.3, -0.25) is 18.7 Å². The molecule has 0 saturated heterocycles. The zero-order valence-electron chi connectivity index (χ0n) is 15.9. The van der Waals surface area contributed by atoms with Gasteiger partial charge in [0.15, 0.2) is 17.8 Å². The maximum atomic E-state index is 12.4. The highest BCUT2D eigenvalue weighted by Gasteiger charge is 2.17. The number of benzene rings is 1. The smallest absolute Gasteiger partial charge is 0.332 e. The van der Waals surface area contributed by atoms with Gasteiger partial charge in [-0.1, -0.05) is 11.6 Å². The number of hydrogen-bond donors (Lipinski definition) is 0. The molecule has 4 rings (SSSR count). The van der Waals surface area contributed by atoms with Gasteiger partial charge in [0.2, 0.25) is 5.89 Å². The quantitative estimate of drug-likeness (QED) is 0.427. The Bertz CT molecular complexity index is 1360. The zero-order valence-corrected chi connectivity index (χ0v) is 16.7. The van der Waals surface area contributed by atoms with Crippen molar-refractivity contribution in [1.29, 1.82) is 0 Å².